The van der Waals surface area contributed by atoms with E-state index in [2.05, 4.69) is 37.1 Å². The molecule has 0 bridgehead atoms. The summed E-state index contributed by atoms with van der Waals surface area (Å²) in [6.45, 7) is 4.49. The second-order valence-electron chi connectivity index (χ2n) is 4.35. The summed E-state index contributed by atoms with van der Waals surface area (Å²) in [6.07, 6.45) is 10.3. The molecule has 0 N–H and O–H groups in total. The molecule has 0 saturated carbocycles. The van der Waals surface area contributed by atoms with Crippen LogP contribution in [0.1, 0.15) is 13.8 Å². The first-order valence-electron chi connectivity index (χ1n) is 5.40. The maximum Gasteiger partial charge on any atom is 0.115 e. The molecule has 0 radical (unpaired) electrons. The van der Waals surface area contributed by atoms with Gasteiger partial charge in [0.15, 0.2) is 0 Å². The lowest BCUT2D eigenvalue weighted by Gasteiger charge is -2.29. The normalized spacial score (nSPS) is 28.5. The number of ether oxygens (including phenoxy) is 1. The molecule has 2 unspecified atom stereocenters. The Bertz CT molecular complexity index is 361. The van der Waals surface area contributed by atoms with Gasteiger partial charge in [0.05, 0.1) is 7.11 Å². The van der Waals surface area contributed by atoms with Crippen molar-refractivity contribution >= 4 is 5.71 Å². The minimum Gasteiger partial charge on any atom is -0.497 e. The number of rotatable bonds is 2. The van der Waals surface area contributed by atoms with E-state index in [9.17, 15) is 0 Å². The molecule has 0 aromatic rings. The van der Waals surface area contributed by atoms with Crippen LogP contribution in [0.2, 0.25) is 0 Å². The summed E-state index contributed by atoms with van der Waals surface area (Å²) >= 11 is 0. The van der Waals surface area contributed by atoms with Gasteiger partial charge < -0.3 is 4.74 Å². The molecule has 1 aliphatic heterocycles. The predicted octanol–water partition coefficient (Wildman–Crippen LogP) is 2.94. The van der Waals surface area contributed by atoms with Gasteiger partial charge in [-0.05, 0) is 30.1 Å². The molecule has 2 aliphatic rings. The minimum atomic E-state index is 0.384. The monoisotopic (exact) mass is 203 g/mol. The highest BCUT2D eigenvalue weighted by Gasteiger charge is 2.28. The van der Waals surface area contributed by atoms with Crippen molar-refractivity contribution in [1.29, 1.82) is 0 Å². The predicted molar refractivity (Wildman–Crippen MR) is 62.6 cm³/mol. The van der Waals surface area contributed by atoms with Crippen molar-refractivity contribution in [3.8, 4) is 0 Å². The first-order valence-corrected chi connectivity index (χ1v) is 5.40. The number of hydrogen-bond donors (Lipinski definition) is 0. The zero-order chi connectivity index (χ0) is 10.8. The van der Waals surface area contributed by atoms with Crippen LogP contribution in [0, 0.1) is 17.8 Å². The quantitative estimate of drug-likeness (QED) is 0.676. The summed E-state index contributed by atoms with van der Waals surface area (Å²) in [4.78, 5) is 4.40. The Kier molecular flexibility index (Phi) is 2.76. The molecule has 0 amide bonds. The molecular formula is C13H17NO. The molecule has 0 aromatic carbocycles. The van der Waals surface area contributed by atoms with Crippen molar-refractivity contribution in [2.75, 3.05) is 7.11 Å². The van der Waals surface area contributed by atoms with Gasteiger partial charge in [0.2, 0.25) is 0 Å². The summed E-state index contributed by atoms with van der Waals surface area (Å²) in [6, 6.07) is 0. The molecule has 0 saturated heterocycles. The van der Waals surface area contributed by atoms with Crippen molar-refractivity contribution in [1.82, 2.24) is 0 Å². The van der Waals surface area contributed by atoms with E-state index >= 15 is 0 Å². The molecule has 2 heteroatoms. The van der Waals surface area contributed by atoms with E-state index < -0.39 is 0 Å². The fraction of sp³-hybridized carbons (Fsp3) is 0.462. The van der Waals surface area contributed by atoms with Crippen LogP contribution in [0.4, 0.5) is 0 Å². The highest BCUT2D eigenvalue weighted by atomic mass is 16.5. The summed E-state index contributed by atoms with van der Waals surface area (Å²) in [7, 11) is 1.71. The zero-order valence-electron chi connectivity index (χ0n) is 9.47. The van der Waals surface area contributed by atoms with Crippen LogP contribution >= 0.6 is 0 Å². The van der Waals surface area contributed by atoms with Crippen LogP contribution in [-0.2, 0) is 4.74 Å². The summed E-state index contributed by atoms with van der Waals surface area (Å²) in [5.41, 5.74) is 1.15. The van der Waals surface area contributed by atoms with Crippen LogP contribution < -0.4 is 0 Å². The summed E-state index contributed by atoms with van der Waals surface area (Å²) in [5, 5.41) is 0. The van der Waals surface area contributed by atoms with Crippen molar-refractivity contribution in [2.24, 2.45) is 22.7 Å². The largest absolute Gasteiger partial charge is 0.497 e. The summed E-state index contributed by atoms with van der Waals surface area (Å²) in [5.74, 6) is 2.49. The van der Waals surface area contributed by atoms with E-state index in [1.807, 2.05) is 12.3 Å². The maximum atomic E-state index is 5.26. The first kappa shape index (κ1) is 10.2. The number of methoxy groups -OCH3 is 1. The molecule has 0 spiro atoms. The van der Waals surface area contributed by atoms with Crippen LogP contribution in [0.25, 0.3) is 0 Å². The van der Waals surface area contributed by atoms with Gasteiger partial charge in [-0.1, -0.05) is 19.9 Å². The fourth-order valence-electron chi connectivity index (χ4n) is 2.16. The molecule has 2 atom stereocenters. The molecule has 2 rings (SSSR count). The third kappa shape index (κ3) is 1.89. The first-order chi connectivity index (χ1) is 7.22. The van der Waals surface area contributed by atoms with Crippen LogP contribution in [0.3, 0.4) is 0 Å². The van der Waals surface area contributed by atoms with Crippen molar-refractivity contribution in [2.45, 2.75) is 13.8 Å². The number of nitrogens with zero attached hydrogens (tertiary/aromatic N) is 1. The van der Waals surface area contributed by atoms with Crippen molar-refractivity contribution in [3.63, 3.8) is 0 Å². The SMILES string of the molecule is COC1=CC2C(=NC=CC2C(C)C)C=C1. The van der Waals surface area contributed by atoms with Crippen molar-refractivity contribution in [3.05, 3.63) is 36.3 Å². The van der Waals surface area contributed by atoms with Crippen LogP contribution in [0.15, 0.2) is 41.3 Å². The number of hydrogen-bond acceptors (Lipinski definition) is 2. The molecule has 0 aromatic heterocycles. The minimum absolute atomic E-state index is 0.384. The van der Waals surface area contributed by atoms with Crippen molar-refractivity contribution < 1.29 is 4.74 Å². The number of allylic oxidation sites excluding steroid dienone is 4. The number of fused-ring (bicyclic) bond motifs is 1. The van der Waals surface area contributed by atoms with E-state index in [0.717, 1.165) is 11.5 Å². The topological polar surface area (TPSA) is 21.6 Å². The summed E-state index contributed by atoms with van der Waals surface area (Å²) < 4.78 is 5.26. The van der Waals surface area contributed by atoms with Gasteiger partial charge >= 0.3 is 0 Å². The second-order valence-corrected chi connectivity index (χ2v) is 4.35. The fourth-order valence-corrected chi connectivity index (χ4v) is 2.16. The van der Waals surface area contributed by atoms with E-state index in [-0.39, 0.29) is 0 Å². The van der Waals surface area contributed by atoms with Gasteiger partial charge in [-0.3, -0.25) is 4.99 Å². The zero-order valence-corrected chi connectivity index (χ0v) is 9.47. The Morgan fingerprint density at radius 3 is 2.80 bits per heavy atom. The Morgan fingerprint density at radius 2 is 2.13 bits per heavy atom. The van der Waals surface area contributed by atoms with E-state index in [1.165, 1.54) is 0 Å². The van der Waals surface area contributed by atoms with Gasteiger partial charge in [0, 0.05) is 17.8 Å². The Morgan fingerprint density at radius 1 is 1.33 bits per heavy atom. The molecule has 80 valence electrons. The lowest BCUT2D eigenvalue weighted by Crippen LogP contribution is -2.27. The lowest BCUT2D eigenvalue weighted by molar-refractivity contribution is 0.298. The third-order valence-corrected chi connectivity index (χ3v) is 3.06. The smallest absolute Gasteiger partial charge is 0.115 e. The van der Waals surface area contributed by atoms with Gasteiger partial charge in [-0.25, -0.2) is 0 Å². The van der Waals surface area contributed by atoms with Crippen LogP contribution in [-0.4, -0.2) is 12.8 Å². The van der Waals surface area contributed by atoms with E-state index in [4.69, 9.17) is 4.74 Å². The molecule has 0 fully saturated rings. The van der Waals surface area contributed by atoms with Gasteiger partial charge in [-0.2, -0.15) is 0 Å². The third-order valence-electron chi connectivity index (χ3n) is 3.06. The van der Waals surface area contributed by atoms with E-state index in [1.54, 1.807) is 7.11 Å². The molecule has 1 aliphatic carbocycles. The van der Waals surface area contributed by atoms with Gasteiger partial charge in [-0.15, -0.1) is 0 Å². The van der Waals surface area contributed by atoms with Gasteiger partial charge in [0.1, 0.15) is 5.76 Å². The number of aliphatic imine (C=N–C) groups is 1. The maximum absolute atomic E-state index is 5.26. The average Bonchev–Trinajstić information content (AvgIpc) is 2.27. The Hall–Kier alpha value is -1.31. The molecular weight excluding hydrogens is 186 g/mol. The van der Waals surface area contributed by atoms with E-state index in [0.29, 0.717) is 17.8 Å². The molecule has 15 heavy (non-hydrogen) atoms. The van der Waals surface area contributed by atoms with Gasteiger partial charge in [0.25, 0.3) is 0 Å². The lowest BCUT2D eigenvalue weighted by atomic mass is 9.77. The Balaban J connectivity index is 2.29. The highest BCUT2D eigenvalue weighted by molar-refractivity contribution is 6.00. The van der Waals surface area contributed by atoms with Crippen LogP contribution in [0.5, 0.6) is 0 Å². The standard InChI is InChI=1S/C13H17NO/c1-9(2)11-6-7-14-13-5-4-10(15-3)8-12(11)13/h4-9,11-12H,1-3H3. The average molecular weight is 203 g/mol. The molecule has 2 nitrogen and oxygen atoms in total. The molecule has 1 heterocycles. The Labute approximate surface area is 91.0 Å². The highest BCUT2D eigenvalue weighted by Crippen LogP contribution is 2.31. The second kappa shape index (κ2) is 4.05.